The Morgan fingerprint density at radius 1 is 1.12 bits per heavy atom. The highest BCUT2D eigenvalue weighted by Gasteiger charge is 2.36. The van der Waals surface area contributed by atoms with Gasteiger partial charge in [-0.25, -0.2) is 4.98 Å². The zero-order chi connectivity index (χ0) is 18.1. The Hall–Kier alpha value is -2.21. The molecule has 6 heteroatoms. The van der Waals surface area contributed by atoms with E-state index in [0.29, 0.717) is 25.9 Å². The summed E-state index contributed by atoms with van der Waals surface area (Å²) in [6.07, 6.45) is 6.92. The SMILES string of the molecule is O=C(O)C1CCN(C(=O)[C@H]2CC=CC[C@@H]2c2nc3ccccc3s2)CC1. The summed E-state index contributed by atoms with van der Waals surface area (Å²) < 4.78 is 1.16. The number of carboxylic acid groups (broad SMARTS) is 1. The lowest BCUT2D eigenvalue weighted by atomic mass is 9.81. The molecule has 1 aliphatic heterocycles. The quantitative estimate of drug-likeness (QED) is 0.837. The number of aromatic nitrogens is 1. The highest BCUT2D eigenvalue weighted by atomic mass is 32.1. The predicted octanol–water partition coefficient (Wildman–Crippen LogP) is 3.67. The van der Waals surface area contributed by atoms with E-state index in [4.69, 9.17) is 10.1 Å². The predicted molar refractivity (Wildman–Crippen MR) is 101 cm³/mol. The number of carbonyl (C=O) groups excluding carboxylic acids is 1. The van der Waals surface area contributed by atoms with Gasteiger partial charge < -0.3 is 10.0 Å². The Bertz CT molecular complexity index is 819. The van der Waals surface area contributed by atoms with Gasteiger partial charge in [-0.1, -0.05) is 24.3 Å². The van der Waals surface area contributed by atoms with Crippen LogP contribution in [0.5, 0.6) is 0 Å². The zero-order valence-corrected chi connectivity index (χ0v) is 15.3. The van der Waals surface area contributed by atoms with Crippen molar-refractivity contribution in [2.75, 3.05) is 13.1 Å². The Labute approximate surface area is 156 Å². The van der Waals surface area contributed by atoms with Crippen molar-refractivity contribution in [2.24, 2.45) is 11.8 Å². The number of para-hydroxylation sites is 1. The first-order valence-corrected chi connectivity index (χ1v) is 9.97. The van der Waals surface area contributed by atoms with Crippen molar-refractivity contribution in [1.29, 1.82) is 0 Å². The number of hydrogen-bond acceptors (Lipinski definition) is 4. The highest BCUT2D eigenvalue weighted by molar-refractivity contribution is 7.18. The summed E-state index contributed by atoms with van der Waals surface area (Å²) in [5.74, 6) is -0.887. The average Bonchev–Trinajstić information content (AvgIpc) is 3.11. The molecule has 0 bridgehead atoms. The normalized spacial score (nSPS) is 24.1. The second-order valence-corrected chi connectivity index (χ2v) is 8.18. The molecule has 1 saturated heterocycles. The van der Waals surface area contributed by atoms with Gasteiger partial charge in [0.15, 0.2) is 0 Å². The second-order valence-electron chi connectivity index (χ2n) is 7.11. The number of piperidine rings is 1. The molecule has 1 aromatic heterocycles. The van der Waals surface area contributed by atoms with Crippen LogP contribution in [0.15, 0.2) is 36.4 Å². The number of aliphatic carboxylic acids is 1. The van der Waals surface area contributed by atoms with Crippen molar-refractivity contribution in [3.05, 3.63) is 41.4 Å². The number of benzene rings is 1. The second kappa shape index (κ2) is 7.19. The van der Waals surface area contributed by atoms with Crippen molar-refractivity contribution < 1.29 is 14.7 Å². The van der Waals surface area contributed by atoms with Gasteiger partial charge in [-0.05, 0) is 37.8 Å². The van der Waals surface area contributed by atoms with E-state index in [1.807, 2.05) is 23.1 Å². The van der Waals surface area contributed by atoms with Gasteiger partial charge in [0.25, 0.3) is 0 Å². The van der Waals surface area contributed by atoms with Crippen LogP contribution in [-0.4, -0.2) is 40.0 Å². The summed E-state index contributed by atoms with van der Waals surface area (Å²) in [6.45, 7) is 1.09. The molecule has 136 valence electrons. The molecule has 1 N–H and O–H groups in total. The van der Waals surface area contributed by atoms with Gasteiger partial charge in [-0.2, -0.15) is 0 Å². The molecule has 0 unspecified atom stereocenters. The maximum Gasteiger partial charge on any atom is 0.306 e. The maximum atomic E-state index is 13.2. The fourth-order valence-electron chi connectivity index (χ4n) is 3.99. The van der Waals surface area contributed by atoms with E-state index >= 15 is 0 Å². The third-order valence-electron chi connectivity index (χ3n) is 5.53. The Kier molecular flexibility index (Phi) is 4.76. The van der Waals surface area contributed by atoms with Gasteiger partial charge in [0, 0.05) is 19.0 Å². The van der Waals surface area contributed by atoms with Crippen molar-refractivity contribution in [3.8, 4) is 0 Å². The van der Waals surface area contributed by atoms with Gasteiger partial charge in [-0.15, -0.1) is 11.3 Å². The smallest absolute Gasteiger partial charge is 0.306 e. The van der Waals surface area contributed by atoms with E-state index in [9.17, 15) is 9.59 Å². The van der Waals surface area contributed by atoms with Crippen molar-refractivity contribution in [3.63, 3.8) is 0 Å². The van der Waals surface area contributed by atoms with Gasteiger partial charge in [0.1, 0.15) is 0 Å². The Morgan fingerprint density at radius 3 is 2.58 bits per heavy atom. The Morgan fingerprint density at radius 2 is 1.85 bits per heavy atom. The molecule has 0 radical (unpaired) electrons. The van der Waals surface area contributed by atoms with Crippen LogP contribution in [0.1, 0.15) is 36.6 Å². The van der Waals surface area contributed by atoms with Crippen LogP contribution in [0.25, 0.3) is 10.2 Å². The highest BCUT2D eigenvalue weighted by Crippen LogP contribution is 2.39. The summed E-state index contributed by atoms with van der Waals surface area (Å²) in [5.41, 5.74) is 0.996. The van der Waals surface area contributed by atoms with E-state index in [-0.39, 0.29) is 23.7 Å². The summed E-state index contributed by atoms with van der Waals surface area (Å²) in [4.78, 5) is 30.9. The molecule has 1 fully saturated rings. The molecule has 2 atom stereocenters. The molecule has 2 aliphatic rings. The van der Waals surface area contributed by atoms with Crippen LogP contribution in [0.3, 0.4) is 0 Å². The molecule has 0 spiro atoms. The fraction of sp³-hybridized carbons (Fsp3) is 0.450. The molecule has 1 aromatic carbocycles. The van der Waals surface area contributed by atoms with E-state index in [1.54, 1.807) is 11.3 Å². The average molecular weight is 370 g/mol. The van der Waals surface area contributed by atoms with Gasteiger partial charge in [0.05, 0.1) is 27.1 Å². The Balaban J connectivity index is 1.53. The number of likely N-dealkylation sites (tertiary alicyclic amines) is 1. The zero-order valence-electron chi connectivity index (χ0n) is 14.5. The molecular weight excluding hydrogens is 348 g/mol. The van der Waals surface area contributed by atoms with Gasteiger partial charge >= 0.3 is 5.97 Å². The minimum absolute atomic E-state index is 0.0954. The van der Waals surface area contributed by atoms with E-state index in [0.717, 1.165) is 28.1 Å². The largest absolute Gasteiger partial charge is 0.481 e. The van der Waals surface area contributed by atoms with Crippen molar-refractivity contribution in [1.82, 2.24) is 9.88 Å². The molecule has 1 amide bonds. The number of carboxylic acids is 1. The van der Waals surface area contributed by atoms with Crippen molar-refractivity contribution >= 4 is 33.4 Å². The maximum absolute atomic E-state index is 13.2. The first kappa shape index (κ1) is 17.2. The van der Waals surface area contributed by atoms with Crippen LogP contribution in [0, 0.1) is 11.8 Å². The topological polar surface area (TPSA) is 70.5 Å². The van der Waals surface area contributed by atoms with E-state index in [1.165, 1.54) is 0 Å². The molecule has 4 rings (SSSR count). The van der Waals surface area contributed by atoms with Crippen LogP contribution in [0.4, 0.5) is 0 Å². The minimum atomic E-state index is -0.745. The number of thiazole rings is 1. The number of hydrogen-bond donors (Lipinski definition) is 1. The molecule has 2 heterocycles. The van der Waals surface area contributed by atoms with Crippen LogP contribution in [-0.2, 0) is 9.59 Å². The fourth-order valence-corrected chi connectivity index (χ4v) is 5.14. The molecule has 2 aromatic rings. The summed E-state index contributed by atoms with van der Waals surface area (Å²) in [6, 6.07) is 8.09. The van der Waals surface area contributed by atoms with E-state index < -0.39 is 5.97 Å². The summed E-state index contributed by atoms with van der Waals surface area (Å²) in [5, 5.41) is 10.2. The summed E-state index contributed by atoms with van der Waals surface area (Å²) >= 11 is 1.68. The van der Waals surface area contributed by atoms with E-state index in [2.05, 4.69) is 18.2 Å². The van der Waals surface area contributed by atoms with Gasteiger partial charge in [-0.3, -0.25) is 9.59 Å². The van der Waals surface area contributed by atoms with Crippen LogP contribution >= 0.6 is 11.3 Å². The summed E-state index contributed by atoms with van der Waals surface area (Å²) in [7, 11) is 0. The molecule has 5 nitrogen and oxygen atoms in total. The number of amides is 1. The number of carbonyl (C=O) groups is 2. The third kappa shape index (κ3) is 3.26. The van der Waals surface area contributed by atoms with Crippen molar-refractivity contribution in [2.45, 2.75) is 31.6 Å². The standard InChI is InChI=1S/C20H22N2O3S/c23-19(22-11-9-13(10-12-22)20(24)25)15-6-2-1-5-14(15)18-21-16-7-3-4-8-17(16)26-18/h1-4,7-8,13-15H,5-6,9-12H2,(H,24,25)/t14-,15-/m0/s1. The first-order valence-electron chi connectivity index (χ1n) is 9.15. The number of rotatable bonds is 3. The molecule has 26 heavy (non-hydrogen) atoms. The first-order chi connectivity index (χ1) is 12.6. The number of fused-ring (bicyclic) bond motifs is 1. The molecule has 1 aliphatic carbocycles. The lowest BCUT2D eigenvalue weighted by Gasteiger charge is -2.35. The number of allylic oxidation sites excluding steroid dienone is 2. The van der Waals surface area contributed by atoms with Gasteiger partial charge in [0.2, 0.25) is 5.91 Å². The monoisotopic (exact) mass is 370 g/mol. The molecule has 0 saturated carbocycles. The van der Waals surface area contributed by atoms with Crippen LogP contribution < -0.4 is 0 Å². The number of nitrogens with zero attached hydrogens (tertiary/aromatic N) is 2. The third-order valence-corrected chi connectivity index (χ3v) is 6.70. The van der Waals surface area contributed by atoms with Crippen LogP contribution in [0.2, 0.25) is 0 Å². The lowest BCUT2D eigenvalue weighted by Crippen LogP contribution is -2.44. The lowest BCUT2D eigenvalue weighted by molar-refractivity contribution is -0.147. The minimum Gasteiger partial charge on any atom is -0.481 e. The molecular formula is C20H22N2O3S.